The van der Waals surface area contributed by atoms with Gasteiger partial charge < -0.3 is 10.1 Å². The molecule has 2 atom stereocenters. The smallest absolute Gasteiger partial charge is 0.331 e. The first kappa shape index (κ1) is 16.0. The Morgan fingerprint density at radius 1 is 1.42 bits per heavy atom. The summed E-state index contributed by atoms with van der Waals surface area (Å²) < 4.78 is 4.83. The average molecular weight is 269 g/mol. The first-order valence-electron chi connectivity index (χ1n) is 7.17. The van der Waals surface area contributed by atoms with Crippen molar-refractivity contribution in [3.63, 3.8) is 0 Å². The van der Waals surface area contributed by atoms with Crippen LogP contribution in [0.15, 0.2) is 0 Å². The van der Waals surface area contributed by atoms with Gasteiger partial charge in [0.2, 0.25) is 5.91 Å². The van der Waals surface area contributed by atoms with Crippen LogP contribution in [0.25, 0.3) is 0 Å². The van der Waals surface area contributed by atoms with Gasteiger partial charge in [0.15, 0.2) is 0 Å². The van der Waals surface area contributed by atoms with Crippen LogP contribution in [0.2, 0.25) is 0 Å². The second-order valence-corrected chi connectivity index (χ2v) is 6.50. The Bertz CT molecular complexity index is 351. The van der Waals surface area contributed by atoms with E-state index in [9.17, 15) is 9.59 Å². The fraction of sp³-hybridized carbons (Fsp3) is 0.867. The molecule has 1 aliphatic rings. The maximum absolute atomic E-state index is 12.5. The van der Waals surface area contributed by atoms with Gasteiger partial charge in [-0.1, -0.05) is 33.6 Å². The van der Waals surface area contributed by atoms with Crippen molar-refractivity contribution in [1.29, 1.82) is 0 Å². The fourth-order valence-corrected chi connectivity index (χ4v) is 3.11. The second kappa shape index (κ2) is 5.93. The molecule has 19 heavy (non-hydrogen) atoms. The van der Waals surface area contributed by atoms with E-state index >= 15 is 0 Å². The lowest BCUT2D eigenvalue weighted by molar-refractivity contribution is -0.151. The van der Waals surface area contributed by atoms with E-state index < -0.39 is 5.54 Å². The number of nitrogens with one attached hydrogen (secondary N) is 1. The van der Waals surface area contributed by atoms with Gasteiger partial charge in [0, 0.05) is 5.92 Å². The van der Waals surface area contributed by atoms with Crippen molar-refractivity contribution in [2.45, 2.75) is 65.3 Å². The minimum atomic E-state index is -0.904. The van der Waals surface area contributed by atoms with E-state index in [0.717, 1.165) is 25.7 Å². The van der Waals surface area contributed by atoms with Crippen LogP contribution in [0.1, 0.15) is 59.8 Å². The topological polar surface area (TPSA) is 55.4 Å². The zero-order valence-corrected chi connectivity index (χ0v) is 12.8. The lowest BCUT2D eigenvalue weighted by atomic mass is 9.80. The Kier molecular flexibility index (Phi) is 4.99. The minimum absolute atomic E-state index is 0.00617. The van der Waals surface area contributed by atoms with E-state index in [1.165, 1.54) is 7.11 Å². The molecule has 0 spiro atoms. The van der Waals surface area contributed by atoms with Gasteiger partial charge in [0.1, 0.15) is 5.54 Å². The first-order chi connectivity index (χ1) is 8.77. The summed E-state index contributed by atoms with van der Waals surface area (Å²) in [5.74, 6) is -0.379. The molecule has 0 bridgehead atoms. The molecule has 2 unspecified atom stereocenters. The highest BCUT2D eigenvalue weighted by Gasteiger charge is 2.43. The van der Waals surface area contributed by atoms with Gasteiger partial charge in [0.05, 0.1) is 7.11 Å². The Morgan fingerprint density at radius 2 is 2.05 bits per heavy atom. The molecule has 1 aliphatic carbocycles. The number of methoxy groups -OCH3 is 1. The molecule has 1 N–H and O–H groups in total. The van der Waals surface area contributed by atoms with Crippen molar-refractivity contribution in [1.82, 2.24) is 5.32 Å². The largest absolute Gasteiger partial charge is 0.467 e. The summed E-state index contributed by atoms with van der Waals surface area (Å²) in [4.78, 5) is 24.4. The van der Waals surface area contributed by atoms with E-state index in [1.54, 1.807) is 6.92 Å². The highest BCUT2D eigenvalue weighted by atomic mass is 16.5. The van der Waals surface area contributed by atoms with Crippen LogP contribution in [-0.4, -0.2) is 24.5 Å². The highest BCUT2D eigenvalue weighted by Crippen LogP contribution is 2.42. The zero-order valence-electron chi connectivity index (χ0n) is 12.8. The van der Waals surface area contributed by atoms with Crippen LogP contribution in [0, 0.1) is 11.3 Å². The van der Waals surface area contributed by atoms with Crippen molar-refractivity contribution < 1.29 is 14.3 Å². The van der Waals surface area contributed by atoms with Crippen LogP contribution in [0.5, 0.6) is 0 Å². The van der Waals surface area contributed by atoms with Crippen LogP contribution in [0.3, 0.4) is 0 Å². The van der Waals surface area contributed by atoms with Crippen molar-refractivity contribution in [3.8, 4) is 0 Å². The molecule has 1 fully saturated rings. The normalized spacial score (nSPS) is 24.6. The second-order valence-electron chi connectivity index (χ2n) is 6.50. The Hall–Kier alpha value is -1.06. The number of hydrogen-bond donors (Lipinski definition) is 1. The first-order valence-corrected chi connectivity index (χ1v) is 7.17. The molecule has 0 radical (unpaired) electrons. The molecule has 0 aromatic carbocycles. The standard InChI is InChI=1S/C15H27NO3/c1-6-9-15(4,13(18)19-5)16-12(17)11-8-7-10-14(11,2)3/h11H,6-10H2,1-5H3,(H,16,17). The lowest BCUT2D eigenvalue weighted by Gasteiger charge is -2.32. The SMILES string of the molecule is CCCC(C)(NC(=O)C1CCCC1(C)C)C(=O)OC. The number of carbonyl (C=O) groups excluding carboxylic acids is 2. The molecule has 0 saturated heterocycles. The Balaban J connectivity index is 2.80. The molecule has 0 aliphatic heterocycles. The van der Waals surface area contributed by atoms with Crippen LogP contribution < -0.4 is 5.32 Å². The highest BCUT2D eigenvalue weighted by molar-refractivity contribution is 5.89. The quantitative estimate of drug-likeness (QED) is 0.781. The molecule has 0 aromatic heterocycles. The van der Waals surface area contributed by atoms with E-state index in [0.29, 0.717) is 6.42 Å². The number of hydrogen-bond acceptors (Lipinski definition) is 3. The molecule has 110 valence electrons. The van der Waals surface area contributed by atoms with Gasteiger partial charge in [-0.2, -0.15) is 0 Å². The summed E-state index contributed by atoms with van der Waals surface area (Å²) in [5, 5.41) is 2.93. The molecule has 1 amide bonds. The molecular weight excluding hydrogens is 242 g/mol. The third-order valence-corrected chi connectivity index (χ3v) is 4.36. The number of esters is 1. The van der Waals surface area contributed by atoms with E-state index in [1.807, 2.05) is 6.92 Å². The molecule has 0 aromatic rings. The van der Waals surface area contributed by atoms with E-state index in [4.69, 9.17) is 4.74 Å². The van der Waals surface area contributed by atoms with Gasteiger partial charge in [-0.05, 0) is 31.6 Å². The van der Waals surface area contributed by atoms with Crippen molar-refractivity contribution in [2.75, 3.05) is 7.11 Å². The number of carbonyl (C=O) groups is 2. The maximum atomic E-state index is 12.5. The predicted octanol–water partition coefficient (Wildman–Crippen LogP) is 2.66. The van der Waals surface area contributed by atoms with Gasteiger partial charge >= 0.3 is 5.97 Å². The minimum Gasteiger partial charge on any atom is -0.467 e. The number of rotatable bonds is 5. The average Bonchev–Trinajstić information content (AvgIpc) is 2.68. The van der Waals surface area contributed by atoms with Gasteiger partial charge in [-0.25, -0.2) is 4.79 Å². The van der Waals surface area contributed by atoms with Crippen LogP contribution in [0.4, 0.5) is 0 Å². The zero-order chi connectivity index (χ0) is 14.7. The van der Waals surface area contributed by atoms with E-state index in [2.05, 4.69) is 19.2 Å². The number of amides is 1. The van der Waals surface area contributed by atoms with Gasteiger partial charge in [0.25, 0.3) is 0 Å². The summed E-state index contributed by atoms with van der Waals surface area (Å²) in [6, 6.07) is 0. The molecular formula is C15H27NO3. The Labute approximate surface area is 116 Å². The fourth-order valence-electron chi connectivity index (χ4n) is 3.11. The van der Waals surface area contributed by atoms with Crippen molar-refractivity contribution in [3.05, 3.63) is 0 Å². The van der Waals surface area contributed by atoms with Crippen LogP contribution >= 0.6 is 0 Å². The molecule has 0 heterocycles. The monoisotopic (exact) mass is 269 g/mol. The third kappa shape index (κ3) is 3.48. The summed E-state index contributed by atoms with van der Waals surface area (Å²) in [7, 11) is 1.36. The van der Waals surface area contributed by atoms with Crippen molar-refractivity contribution >= 4 is 11.9 Å². The van der Waals surface area contributed by atoms with E-state index in [-0.39, 0.29) is 23.2 Å². The Morgan fingerprint density at radius 3 is 2.47 bits per heavy atom. The van der Waals surface area contributed by atoms with Crippen LogP contribution in [-0.2, 0) is 14.3 Å². The maximum Gasteiger partial charge on any atom is 0.331 e. The molecule has 1 rings (SSSR count). The summed E-state index contributed by atoms with van der Waals surface area (Å²) in [6.45, 7) is 7.99. The number of ether oxygens (including phenoxy) is 1. The summed E-state index contributed by atoms with van der Waals surface area (Å²) in [6.07, 6.45) is 4.46. The summed E-state index contributed by atoms with van der Waals surface area (Å²) >= 11 is 0. The van der Waals surface area contributed by atoms with Crippen molar-refractivity contribution in [2.24, 2.45) is 11.3 Å². The predicted molar refractivity (Wildman–Crippen MR) is 74.6 cm³/mol. The lowest BCUT2D eigenvalue weighted by Crippen LogP contribution is -2.55. The molecule has 1 saturated carbocycles. The third-order valence-electron chi connectivity index (χ3n) is 4.36. The molecule has 4 nitrogen and oxygen atoms in total. The summed E-state index contributed by atoms with van der Waals surface area (Å²) in [5.41, 5.74) is -0.882. The van der Waals surface area contributed by atoms with Gasteiger partial charge in [-0.15, -0.1) is 0 Å². The molecule has 4 heteroatoms. The van der Waals surface area contributed by atoms with Gasteiger partial charge in [-0.3, -0.25) is 4.79 Å².